The molecule has 27 heavy (non-hydrogen) atoms. The fourth-order valence-electron chi connectivity index (χ4n) is 2.77. The molecule has 0 aliphatic carbocycles. The van der Waals surface area contributed by atoms with Gasteiger partial charge in [-0.05, 0) is 24.3 Å². The highest BCUT2D eigenvalue weighted by molar-refractivity contribution is 6.39. The van der Waals surface area contributed by atoms with Crippen molar-refractivity contribution in [2.24, 2.45) is 4.99 Å². The van der Waals surface area contributed by atoms with Gasteiger partial charge in [0.1, 0.15) is 5.84 Å². The van der Waals surface area contributed by atoms with Gasteiger partial charge in [0.25, 0.3) is 0 Å². The number of hydrogen-bond donors (Lipinski definition) is 3. The van der Waals surface area contributed by atoms with Crippen molar-refractivity contribution in [1.82, 2.24) is 10.2 Å². The van der Waals surface area contributed by atoms with Crippen LogP contribution in [0.1, 0.15) is 0 Å². The van der Waals surface area contributed by atoms with E-state index in [-0.39, 0.29) is 6.03 Å². The summed E-state index contributed by atoms with van der Waals surface area (Å²) in [5, 5.41) is 10.1. The Kier molecular flexibility index (Phi) is 6.79. The number of amidine groups is 1. The summed E-state index contributed by atoms with van der Waals surface area (Å²) in [7, 11) is 0. The first-order valence-electron chi connectivity index (χ1n) is 8.69. The van der Waals surface area contributed by atoms with Crippen LogP contribution in [0.5, 0.6) is 0 Å². The van der Waals surface area contributed by atoms with Crippen LogP contribution in [0.25, 0.3) is 0 Å². The standard InChI is InChI=1S/C19H21Cl2N5O/c20-15-7-4-8-16(21)18(15)24-13-17-22-9-11-26(17)12-10-23-19(27)25-14-5-2-1-3-6-14/h1-8,24H,9-13H2,(H2,23,25,27). The quantitative estimate of drug-likeness (QED) is 0.653. The molecule has 1 aliphatic rings. The summed E-state index contributed by atoms with van der Waals surface area (Å²) in [6.45, 7) is 3.29. The molecule has 0 saturated carbocycles. The lowest BCUT2D eigenvalue weighted by molar-refractivity contribution is 0.251. The summed E-state index contributed by atoms with van der Waals surface area (Å²) in [5.74, 6) is 0.927. The Morgan fingerprint density at radius 2 is 1.81 bits per heavy atom. The predicted octanol–water partition coefficient (Wildman–Crippen LogP) is 3.94. The Hall–Kier alpha value is -2.44. The van der Waals surface area contributed by atoms with Crippen molar-refractivity contribution in [2.75, 3.05) is 43.4 Å². The molecule has 1 heterocycles. The number of halogens is 2. The van der Waals surface area contributed by atoms with E-state index in [1.807, 2.05) is 30.3 Å². The molecule has 0 aromatic heterocycles. The molecule has 2 aromatic rings. The lowest BCUT2D eigenvalue weighted by Gasteiger charge is -2.21. The van der Waals surface area contributed by atoms with Gasteiger partial charge in [0.05, 0.1) is 28.8 Å². The minimum absolute atomic E-state index is 0.222. The van der Waals surface area contributed by atoms with Crippen LogP contribution < -0.4 is 16.0 Å². The van der Waals surface area contributed by atoms with E-state index >= 15 is 0 Å². The Bertz CT molecular complexity index is 793. The van der Waals surface area contributed by atoms with E-state index in [0.29, 0.717) is 35.4 Å². The van der Waals surface area contributed by atoms with Crippen LogP contribution in [0, 0.1) is 0 Å². The Labute approximate surface area is 168 Å². The average Bonchev–Trinajstić information content (AvgIpc) is 3.09. The van der Waals surface area contributed by atoms with Gasteiger partial charge in [0, 0.05) is 25.3 Å². The molecule has 8 heteroatoms. The molecule has 3 rings (SSSR count). The molecule has 1 aliphatic heterocycles. The summed E-state index contributed by atoms with van der Waals surface area (Å²) in [6.07, 6.45) is 0. The van der Waals surface area contributed by atoms with Gasteiger partial charge in [-0.15, -0.1) is 0 Å². The second-order valence-electron chi connectivity index (χ2n) is 5.98. The van der Waals surface area contributed by atoms with Gasteiger partial charge in [-0.1, -0.05) is 47.5 Å². The number of carbonyl (C=O) groups is 1. The lowest BCUT2D eigenvalue weighted by Crippen LogP contribution is -2.40. The van der Waals surface area contributed by atoms with Crippen LogP contribution in [-0.4, -0.2) is 49.5 Å². The van der Waals surface area contributed by atoms with Gasteiger partial charge in [0.15, 0.2) is 0 Å². The molecular weight excluding hydrogens is 385 g/mol. The minimum atomic E-state index is -0.222. The number of amides is 2. The second kappa shape index (κ2) is 9.48. The summed E-state index contributed by atoms with van der Waals surface area (Å²) in [6, 6.07) is 14.5. The zero-order chi connectivity index (χ0) is 19.1. The van der Waals surface area contributed by atoms with Gasteiger partial charge in [-0.2, -0.15) is 0 Å². The molecule has 3 N–H and O–H groups in total. The number of nitrogens with zero attached hydrogens (tertiary/aromatic N) is 2. The molecule has 2 aromatic carbocycles. The number of anilines is 2. The summed E-state index contributed by atoms with van der Waals surface area (Å²) < 4.78 is 0. The summed E-state index contributed by atoms with van der Waals surface area (Å²) in [5.41, 5.74) is 1.47. The Balaban J connectivity index is 1.44. The molecular formula is C19H21Cl2N5O. The van der Waals surface area contributed by atoms with E-state index in [2.05, 4.69) is 25.8 Å². The molecule has 142 valence electrons. The van der Waals surface area contributed by atoms with E-state index in [1.165, 1.54) is 0 Å². The van der Waals surface area contributed by atoms with Crippen LogP contribution in [0.15, 0.2) is 53.5 Å². The number of urea groups is 1. The number of hydrogen-bond acceptors (Lipinski definition) is 4. The van der Waals surface area contributed by atoms with Gasteiger partial charge in [0.2, 0.25) is 0 Å². The van der Waals surface area contributed by atoms with Crippen molar-refractivity contribution in [3.05, 3.63) is 58.6 Å². The van der Waals surface area contributed by atoms with E-state index in [9.17, 15) is 4.79 Å². The zero-order valence-corrected chi connectivity index (χ0v) is 16.2. The van der Waals surface area contributed by atoms with Crippen LogP contribution in [0.2, 0.25) is 10.0 Å². The fourth-order valence-corrected chi connectivity index (χ4v) is 3.30. The first-order valence-corrected chi connectivity index (χ1v) is 9.45. The molecule has 0 radical (unpaired) electrons. The molecule has 0 atom stereocenters. The molecule has 0 bridgehead atoms. The maximum absolute atomic E-state index is 11.9. The van der Waals surface area contributed by atoms with Crippen molar-refractivity contribution < 1.29 is 4.79 Å². The van der Waals surface area contributed by atoms with Gasteiger partial charge in [-0.25, -0.2) is 4.79 Å². The summed E-state index contributed by atoms with van der Waals surface area (Å²) in [4.78, 5) is 18.6. The largest absolute Gasteiger partial charge is 0.375 e. The van der Waals surface area contributed by atoms with Crippen molar-refractivity contribution in [2.45, 2.75) is 0 Å². The first kappa shape index (κ1) is 19.3. The third-order valence-corrected chi connectivity index (χ3v) is 4.74. The number of nitrogens with one attached hydrogen (secondary N) is 3. The number of rotatable bonds is 7. The predicted molar refractivity (Wildman–Crippen MR) is 112 cm³/mol. The van der Waals surface area contributed by atoms with Crippen LogP contribution in [-0.2, 0) is 0 Å². The second-order valence-corrected chi connectivity index (χ2v) is 6.80. The van der Waals surface area contributed by atoms with Gasteiger partial charge >= 0.3 is 6.03 Å². The smallest absolute Gasteiger partial charge is 0.319 e. The maximum Gasteiger partial charge on any atom is 0.319 e. The van der Waals surface area contributed by atoms with Crippen LogP contribution in [0.3, 0.4) is 0 Å². The summed E-state index contributed by atoms with van der Waals surface area (Å²) >= 11 is 12.4. The molecule has 0 fully saturated rings. The number of aliphatic imine (C=N–C) groups is 1. The van der Waals surface area contributed by atoms with E-state index in [4.69, 9.17) is 23.2 Å². The van der Waals surface area contributed by atoms with E-state index in [1.54, 1.807) is 18.2 Å². The normalized spacial score (nSPS) is 13.3. The molecule has 2 amide bonds. The SMILES string of the molecule is O=C(NCCN1CCN=C1CNc1c(Cl)cccc1Cl)Nc1ccccc1. The third-order valence-electron chi connectivity index (χ3n) is 4.11. The minimum Gasteiger partial charge on any atom is -0.375 e. The van der Waals surface area contributed by atoms with Gasteiger partial charge in [-0.3, -0.25) is 4.99 Å². The number of benzene rings is 2. The average molecular weight is 406 g/mol. The molecule has 0 unspecified atom stereocenters. The maximum atomic E-state index is 11.9. The van der Waals surface area contributed by atoms with Crippen molar-refractivity contribution in [3.8, 4) is 0 Å². The highest BCUT2D eigenvalue weighted by atomic mass is 35.5. The van der Waals surface area contributed by atoms with Crippen LogP contribution >= 0.6 is 23.2 Å². The molecule has 0 saturated heterocycles. The first-order chi connectivity index (χ1) is 13.1. The van der Waals surface area contributed by atoms with Crippen molar-refractivity contribution in [1.29, 1.82) is 0 Å². The van der Waals surface area contributed by atoms with Gasteiger partial charge < -0.3 is 20.9 Å². The van der Waals surface area contributed by atoms with Crippen molar-refractivity contribution in [3.63, 3.8) is 0 Å². The highest BCUT2D eigenvalue weighted by Crippen LogP contribution is 2.29. The number of carbonyl (C=O) groups excluding carboxylic acids is 1. The van der Waals surface area contributed by atoms with Crippen molar-refractivity contribution >= 4 is 46.4 Å². The zero-order valence-electron chi connectivity index (χ0n) is 14.7. The Morgan fingerprint density at radius 1 is 1.07 bits per heavy atom. The monoisotopic (exact) mass is 405 g/mol. The molecule has 6 nitrogen and oxygen atoms in total. The van der Waals surface area contributed by atoms with E-state index < -0.39 is 0 Å². The third kappa shape index (κ3) is 5.52. The van der Waals surface area contributed by atoms with Crippen LogP contribution in [0.4, 0.5) is 16.2 Å². The van der Waals surface area contributed by atoms with E-state index in [0.717, 1.165) is 24.6 Å². The molecule has 0 spiro atoms. The number of para-hydroxylation sites is 2. The topological polar surface area (TPSA) is 68.8 Å². The fraction of sp³-hybridized carbons (Fsp3) is 0.263. The Morgan fingerprint density at radius 3 is 2.56 bits per heavy atom. The highest BCUT2D eigenvalue weighted by Gasteiger charge is 2.17. The lowest BCUT2D eigenvalue weighted by atomic mass is 10.3.